The zero-order chi connectivity index (χ0) is 18.4. The lowest BCUT2D eigenvalue weighted by Gasteiger charge is -2.15. The van der Waals surface area contributed by atoms with E-state index in [0.29, 0.717) is 13.1 Å². The van der Waals surface area contributed by atoms with Gasteiger partial charge >= 0.3 is 0 Å². The zero-order valence-corrected chi connectivity index (χ0v) is 14.6. The van der Waals surface area contributed by atoms with Crippen LogP contribution in [-0.2, 0) is 10.0 Å². The highest BCUT2D eigenvalue weighted by molar-refractivity contribution is 7.89. The van der Waals surface area contributed by atoms with Crippen LogP contribution in [0.4, 0.5) is 8.78 Å². The van der Waals surface area contributed by atoms with Gasteiger partial charge in [-0.1, -0.05) is 6.07 Å². The number of hydrogen-bond donors (Lipinski definition) is 0. The molecule has 6 nitrogen and oxygen atoms in total. The normalized spacial score (nSPS) is 15.7. The first-order chi connectivity index (χ1) is 11.7. The third-order valence-electron chi connectivity index (χ3n) is 4.26. The molecule has 134 valence electrons. The standard InChI is InChI=1S/C16H17F2N3O3S/c1-10-15(25(23,24)20-8-3-4-9-20)11(2)21(19-10)16(22)14-12(17)6-5-7-13(14)18/h5-7H,3-4,8-9H2,1-2H3. The van der Waals surface area contributed by atoms with Gasteiger partial charge in [-0.15, -0.1) is 0 Å². The van der Waals surface area contributed by atoms with E-state index in [4.69, 9.17) is 0 Å². The number of nitrogens with zero attached hydrogens (tertiary/aromatic N) is 3. The van der Waals surface area contributed by atoms with Crippen LogP contribution >= 0.6 is 0 Å². The maximum absolute atomic E-state index is 13.9. The van der Waals surface area contributed by atoms with Crippen LogP contribution < -0.4 is 0 Å². The van der Waals surface area contributed by atoms with Gasteiger partial charge in [-0.05, 0) is 38.8 Å². The van der Waals surface area contributed by atoms with Crippen molar-refractivity contribution < 1.29 is 22.0 Å². The Morgan fingerprint density at radius 1 is 1.12 bits per heavy atom. The van der Waals surface area contributed by atoms with Crippen molar-refractivity contribution in [2.24, 2.45) is 0 Å². The van der Waals surface area contributed by atoms with Gasteiger partial charge in [0.1, 0.15) is 22.1 Å². The lowest BCUT2D eigenvalue weighted by Crippen LogP contribution is -2.29. The molecule has 0 amide bonds. The van der Waals surface area contributed by atoms with Gasteiger partial charge in [0.25, 0.3) is 5.91 Å². The fourth-order valence-corrected chi connectivity index (χ4v) is 4.94. The van der Waals surface area contributed by atoms with Crippen LogP contribution in [0, 0.1) is 25.5 Å². The number of hydrogen-bond acceptors (Lipinski definition) is 4. The zero-order valence-electron chi connectivity index (χ0n) is 13.8. The molecule has 1 aliphatic heterocycles. The summed E-state index contributed by atoms with van der Waals surface area (Å²) in [5.74, 6) is -3.10. The molecule has 1 saturated heterocycles. The van der Waals surface area contributed by atoms with E-state index < -0.39 is 33.1 Å². The molecule has 1 aromatic heterocycles. The molecule has 1 fully saturated rings. The lowest BCUT2D eigenvalue weighted by atomic mass is 10.2. The molecule has 25 heavy (non-hydrogen) atoms. The Kier molecular flexibility index (Phi) is 4.46. The third-order valence-corrected chi connectivity index (χ3v) is 6.41. The predicted molar refractivity (Wildman–Crippen MR) is 85.8 cm³/mol. The van der Waals surface area contributed by atoms with Gasteiger partial charge in [-0.25, -0.2) is 17.2 Å². The number of aromatic nitrogens is 2. The Labute approximate surface area is 144 Å². The Bertz CT molecular complexity index is 928. The second kappa shape index (κ2) is 6.30. The first-order valence-corrected chi connectivity index (χ1v) is 9.24. The Balaban J connectivity index is 2.10. The van der Waals surface area contributed by atoms with Gasteiger partial charge in [-0.2, -0.15) is 14.1 Å². The van der Waals surface area contributed by atoms with Gasteiger partial charge in [-0.3, -0.25) is 4.79 Å². The summed E-state index contributed by atoms with van der Waals surface area (Å²) in [6.45, 7) is 3.67. The van der Waals surface area contributed by atoms with Crippen LogP contribution in [0.15, 0.2) is 23.1 Å². The minimum absolute atomic E-state index is 0.0389. The summed E-state index contributed by atoms with van der Waals surface area (Å²) in [4.78, 5) is 12.5. The van der Waals surface area contributed by atoms with Gasteiger partial charge in [0.05, 0.1) is 11.4 Å². The van der Waals surface area contributed by atoms with Crippen molar-refractivity contribution in [1.82, 2.24) is 14.1 Å². The molecule has 9 heteroatoms. The maximum atomic E-state index is 13.9. The maximum Gasteiger partial charge on any atom is 0.284 e. The van der Waals surface area contributed by atoms with Crippen molar-refractivity contribution in [3.63, 3.8) is 0 Å². The lowest BCUT2D eigenvalue weighted by molar-refractivity contribution is 0.0933. The fourth-order valence-electron chi connectivity index (χ4n) is 3.07. The van der Waals surface area contributed by atoms with Crippen LogP contribution in [0.25, 0.3) is 0 Å². The molecular formula is C16H17F2N3O3S. The van der Waals surface area contributed by atoms with E-state index in [-0.39, 0.29) is 16.3 Å². The van der Waals surface area contributed by atoms with E-state index in [1.807, 2.05) is 0 Å². The van der Waals surface area contributed by atoms with E-state index in [2.05, 4.69) is 5.10 Å². The summed E-state index contributed by atoms with van der Waals surface area (Å²) < 4.78 is 55.4. The average Bonchev–Trinajstić information content (AvgIpc) is 3.15. The Morgan fingerprint density at radius 2 is 1.68 bits per heavy atom. The van der Waals surface area contributed by atoms with Gasteiger partial charge in [0.2, 0.25) is 10.0 Å². The largest absolute Gasteiger partial charge is 0.284 e. The number of carbonyl (C=O) groups excluding carboxylic acids is 1. The highest BCUT2D eigenvalue weighted by Gasteiger charge is 2.34. The van der Waals surface area contributed by atoms with Crippen LogP contribution in [-0.4, -0.2) is 41.5 Å². The summed E-state index contributed by atoms with van der Waals surface area (Å²) in [5, 5.41) is 3.93. The fraction of sp³-hybridized carbons (Fsp3) is 0.375. The van der Waals surface area contributed by atoms with E-state index >= 15 is 0 Å². The van der Waals surface area contributed by atoms with Crippen LogP contribution in [0.5, 0.6) is 0 Å². The van der Waals surface area contributed by atoms with Gasteiger partial charge in [0.15, 0.2) is 0 Å². The Morgan fingerprint density at radius 3 is 2.24 bits per heavy atom. The first-order valence-electron chi connectivity index (χ1n) is 7.80. The minimum Gasteiger partial charge on any atom is -0.266 e. The van der Waals surface area contributed by atoms with Gasteiger partial charge < -0.3 is 0 Å². The summed E-state index contributed by atoms with van der Waals surface area (Å²) >= 11 is 0. The highest BCUT2D eigenvalue weighted by atomic mass is 32.2. The molecule has 0 saturated carbocycles. The first kappa shape index (κ1) is 17.7. The molecule has 1 aliphatic rings. The smallest absolute Gasteiger partial charge is 0.266 e. The number of carbonyl (C=O) groups is 1. The van der Waals surface area contributed by atoms with Crippen LogP contribution in [0.2, 0.25) is 0 Å². The number of benzene rings is 1. The van der Waals surface area contributed by atoms with Crippen molar-refractivity contribution >= 4 is 15.9 Å². The molecule has 0 radical (unpaired) electrons. The van der Waals surface area contributed by atoms with Crippen molar-refractivity contribution in [3.8, 4) is 0 Å². The topological polar surface area (TPSA) is 72.3 Å². The minimum atomic E-state index is -3.80. The molecule has 3 rings (SSSR count). The SMILES string of the molecule is Cc1nn(C(=O)c2c(F)cccc2F)c(C)c1S(=O)(=O)N1CCCC1. The number of rotatable bonds is 3. The molecule has 0 bridgehead atoms. The summed E-state index contributed by atoms with van der Waals surface area (Å²) in [7, 11) is -3.80. The predicted octanol–water partition coefficient (Wildman–Crippen LogP) is 2.25. The van der Waals surface area contributed by atoms with Crippen molar-refractivity contribution in [3.05, 3.63) is 46.8 Å². The monoisotopic (exact) mass is 369 g/mol. The van der Waals surface area contributed by atoms with Gasteiger partial charge in [0, 0.05) is 13.1 Å². The third kappa shape index (κ3) is 2.87. The van der Waals surface area contributed by atoms with Crippen LogP contribution in [0.1, 0.15) is 34.6 Å². The summed E-state index contributed by atoms with van der Waals surface area (Å²) in [5.41, 5.74) is -0.607. The van der Waals surface area contributed by atoms with Crippen LogP contribution in [0.3, 0.4) is 0 Å². The molecule has 1 aromatic carbocycles. The number of halogens is 2. The van der Waals surface area contributed by atoms with E-state index in [9.17, 15) is 22.0 Å². The molecule has 0 aliphatic carbocycles. The van der Waals surface area contributed by atoms with E-state index in [1.54, 1.807) is 0 Å². The molecule has 0 spiro atoms. The molecule has 2 heterocycles. The average molecular weight is 369 g/mol. The van der Waals surface area contributed by atoms with Crippen molar-refractivity contribution in [2.45, 2.75) is 31.6 Å². The highest BCUT2D eigenvalue weighted by Crippen LogP contribution is 2.27. The quantitative estimate of drug-likeness (QED) is 0.832. The van der Waals surface area contributed by atoms with E-state index in [0.717, 1.165) is 35.7 Å². The molecule has 0 unspecified atom stereocenters. The second-order valence-electron chi connectivity index (χ2n) is 5.92. The molecule has 0 N–H and O–H groups in total. The van der Waals surface area contributed by atoms with Crippen molar-refractivity contribution in [1.29, 1.82) is 0 Å². The Hall–Kier alpha value is -2.13. The molecule has 2 aromatic rings. The molecular weight excluding hydrogens is 352 g/mol. The van der Waals surface area contributed by atoms with E-state index in [1.165, 1.54) is 18.2 Å². The second-order valence-corrected chi connectivity index (χ2v) is 7.80. The van der Waals surface area contributed by atoms with Crippen molar-refractivity contribution in [2.75, 3.05) is 13.1 Å². The summed E-state index contributed by atoms with van der Waals surface area (Å²) in [6, 6.07) is 3.07. The number of sulfonamides is 1. The molecule has 0 atom stereocenters. The number of aryl methyl sites for hydroxylation is 1. The summed E-state index contributed by atoms with van der Waals surface area (Å²) in [6.07, 6.45) is 1.54.